The van der Waals surface area contributed by atoms with Gasteiger partial charge in [-0.2, -0.15) is 0 Å². The summed E-state index contributed by atoms with van der Waals surface area (Å²) in [6.45, 7) is 8.13. The van der Waals surface area contributed by atoms with E-state index in [1.807, 2.05) is 60.7 Å². The third-order valence-electron chi connectivity index (χ3n) is 6.70. The highest BCUT2D eigenvalue weighted by Gasteiger charge is 2.15. The molecule has 1 saturated heterocycles. The molecule has 0 radical (unpaired) electrons. The Balaban J connectivity index is 1.16. The van der Waals surface area contributed by atoms with Gasteiger partial charge < -0.3 is 25.8 Å². The molecule has 194 valence electrons. The fourth-order valence-corrected chi connectivity index (χ4v) is 4.46. The smallest absolute Gasteiger partial charge is 0.319 e. The maximum Gasteiger partial charge on any atom is 0.319 e. The minimum atomic E-state index is -0.246. The van der Waals surface area contributed by atoms with E-state index in [2.05, 4.69) is 66.9 Å². The molecular formula is C30H33N7O. The molecule has 0 atom stereocenters. The largest absolute Gasteiger partial charge is 0.369 e. The zero-order chi connectivity index (χ0) is 26.2. The third-order valence-corrected chi connectivity index (χ3v) is 6.70. The molecule has 2 amide bonds. The summed E-state index contributed by atoms with van der Waals surface area (Å²) < 4.78 is 0. The van der Waals surface area contributed by atoms with Gasteiger partial charge in [-0.25, -0.2) is 14.8 Å². The predicted molar refractivity (Wildman–Crippen MR) is 154 cm³/mol. The van der Waals surface area contributed by atoms with E-state index in [-0.39, 0.29) is 6.03 Å². The molecule has 1 aliphatic heterocycles. The van der Waals surface area contributed by atoms with Crippen LogP contribution in [0.5, 0.6) is 0 Å². The van der Waals surface area contributed by atoms with Gasteiger partial charge in [0.05, 0.1) is 5.69 Å². The van der Waals surface area contributed by atoms with Crippen LogP contribution in [0.4, 0.5) is 27.8 Å². The highest BCUT2D eigenvalue weighted by molar-refractivity contribution is 5.89. The number of nitrogens with one attached hydrogen (secondary N) is 3. The number of benzene rings is 3. The monoisotopic (exact) mass is 507 g/mol. The fourth-order valence-electron chi connectivity index (χ4n) is 4.46. The molecule has 0 spiro atoms. The van der Waals surface area contributed by atoms with E-state index in [0.29, 0.717) is 18.2 Å². The minimum Gasteiger partial charge on any atom is -0.369 e. The number of urea groups is 1. The van der Waals surface area contributed by atoms with Crippen LogP contribution in [0.3, 0.4) is 0 Å². The van der Waals surface area contributed by atoms with Crippen LogP contribution >= 0.6 is 0 Å². The maximum absolute atomic E-state index is 12.2. The van der Waals surface area contributed by atoms with Crippen LogP contribution in [0.2, 0.25) is 0 Å². The molecule has 0 bridgehead atoms. The molecule has 3 N–H and O–H groups in total. The number of carbonyl (C=O) groups excluding carboxylic acids is 1. The topological polar surface area (TPSA) is 85.4 Å². The van der Waals surface area contributed by atoms with Crippen molar-refractivity contribution < 1.29 is 4.79 Å². The van der Waals surface area contributed by atoms with Crippen molar-refractivity contribution in [3.63, 3.8) is 0 Å². The first kappa shape index (κ1) is 25.2. The lowest BCUT2D eigenvalue weighted by Crippen LogP contribution is -2.46. The van der Waals surface area contributed by atoms with Crippen molar-refractivity contribution in [3.8, 4) is 11.3 Å². The Morgan fingerprint density at radius 3 is 2.26 bits per heavy atom. The summed E-state index contributed by atoms with van der Waals surface area (Å²) in [5, 5.41) is 9.05. The molecule has 38 heavy (non-hydrogen) atoms. The highest BCUT2D eigenvalue weighted by Crippen LogP contribution is 2.23. The van der Waals surface area contributed by atoms with Crippen molar-refractivity contribution >= 4 is 29.0 Å². The third kappa shape index (κ3) is 6.66. The van der Waals surface area contributed by atoms with E-state index >= 15 is 0 Å². The van der Waals surface area contributed by atoms with E-state index < -0.39 is 0 Å². The van der Waals surface area contributed by atoms with Crippen molar-refractivity contribution in [1.82, 2.24) is 20.2 Å². The van der Waals surface area contributed by atoms with Gasteiger partial charge in [-0.05, 0) is 54.6 Å². The molecule has 3 aromatic carbocycles. The Morgan fingerprint density at radius 2 is 1.55 bits per heavy atom. The minimum absolute atomic E-state index is 0.246. The molecule has 8 nitrogen and oxygen atoms in total. The number of nitrogens with zero attached hydrogens (tertiary/aromatic N) is 4. The lowest BCUT2D eigenvalue weighted by molar-refractivity contribution is 0.251. The van der Waals surface area contributed by atoms with Gasteiger partial charge in [0.25, 0.3) is 0 Å². The standard InChI is InChI=1S/C30H33N7O/c1-2-36-18-20-37(21-19-36)27-14-12-25(13-15-27)33-29-31-17-16-28(35-29)24-8-10-26(11-9-24)34-30(38)32-22-23-6-4-3-5-7-23/h3-17H,2,18-22H2,1H3,(H,31,33,35)(H2,32,34,38). The molecule has 0 unspecified atom stereocenters. The summed E-state index contributed by atoms with van der Waals surface area (Å²) in [6.07, 6.45) is 1.75. The second-order valence-corrected chi connectivity index (χ2v) is 9.23. The molecule has 2 heterocycles. The van der Waals surface area contributed by atoms with Gasteiger partial charge in [0.1, 0.15) is 0 Å². The van der Waals surface area contributed by atoms with Crippen molar-refractivity contribution in [3.05, 3.63) is 96.7 Å². The van der Waals surface area contributed by atoms with Crippen LogP contribution in [0.1, 0.15) is 12.5 Å². The van der Waals surface area contributed by atoms with Gasteiger partial charge in [0.15, 0.2) is 0 Å². The van der Waals surface area contributed by atoms with Gasteiger partial charge >= 0.3 is 6.03 Å². The van der Waals surface area contributed by atoms with E-state index in [1.54, 1.807) is 6.20 Å². The molecule has 4 aromatic rings. The predicted octanol–water partition coefficient (Wildman–Crippen LogP) is 5.35. The van der Waals surface area contributed by atoms with Crippen molar-refractivity contribution in [1.29, 1.82) is 0 Å². The first-order chi connectivity index (χ1) is 18.7. The maximum atomic E-state index is 12.2. The van der Waals surface area contributed by atoms with Gasteiger partial charge in [0.2, 0.25) is 5.95 Å². The van der Waals surface area contributed by atoms with Crippen LogP contribution in [-0.2, 0) is 6.54 Å². The van der Waals surface area contributed by atoms with Crippen molar-refractivity contribution in [2.24, 2.45) is 0 Å². The molecule has 1 fully saturated rings. The average molecular weight is 508 g/mol. The Bertz CT molecular complexity index is 1320. The Morgan fingerprint density at radius 1 is 0.842 bits per heavy atom. The van der Waals surface area contributed by atoms with E-state index in [9.17, 15) is 4.79 Å². The average Bonchev–Trinajstić information content (AvgIpc) is 2.98. The van der Waals surface area contributed by atoms with Gasteiger partial charge in [-0.1, -0.05) is 49.4 Å². The summed E-state index contributed by atoms with van der Waals surface area (Å²) in [5.74, 6) is 0.536. The van der Waals surface area contributed by atoms with Crippen LogP contribution in [0.15, 0.2) is 91.1 Å². The van der Waals surface area contributed by atoms with Crippen LogP contribution in [-0.4, -0.2) is 53.6 Å². The summed E-state index contributed by atoms with van der Waals surface area (Å²) in [7, 11) is 0. The number of piperazine rings is 1. The zero-order valence-corrected chi connectivity index (χ0v) is 21.6. The first-order valence-corrected chi connectivity index (χ1v) is 13.0. The number of hydrogen-bond donors (Lipinski definition) is 3. The molecule has 1 aliphatic rings. The van der Waals surface area contributed by atoms with Gasteiger partial charge in [0, 0.05) is 61.5 Å². The normalized spacial score (nSPS) is 13.7. The summed E-state index contributed by atoms with van der Waals surface area (Å²) in [5.41, 5.74) is 5.68. The zero-order valence-electron chi connectivity index (χ0n) is 21.6. The summed E-state index contributed by atoms with van der Waals surface area (Å²) in [6, 6.07) is 27.5. The number of aromatic nitrogens is 2. The lowest BCUT2D eigenvalue weighted by atomic mass is 10.1. The Kier molecular flexibility index (Phi) is 8.10. The Hall–Kier alpha value is -4.43. The van der Waals surface area contributed by atoms with E-state index in [1.165, 1.54) is 5.69 Å². The quantitative estimate of drug-likeness (QED) is 0.298. The first-order valence-electron chi connectivity index (χ1n) is 13.0. The number of rotatable bonds is 8. The summed E-state index contributed by atoms with van der Waals surface area (Å²) >= 11 is 0. The summed E-state index contributed by atoms with van der Waals surface area (Å²) in [4.78, 5) is 26.2. The van der Waals surface area contributed by atoms with Crippen LogP contribution < -0.4 is 20.9 Å². The molecule has 5 rings (SSSR count). The number of anilines is 4. The molecular weight excluding hydrogens is 474 g/mol. The van der Waals surface area contributed by atoms with Gasteiger partial charge in [-0.3, -0.25) is 0 Å². The second kappa shape index (κ2) is 12.2. The molecule has 0 saturated carbocycles. The SMILES string of the molecule is CCN1CCN(c2ccc(Nc3nccc(-c4ccc(NC(=O)NCc5ccccc5)cc4)n3)cc2)CC1. The number of carbonyl (C=O) groups is 1. The van der Waals surface area contributed by atoms with Crippen LogP contribution in [0.25, 0.3) is 11.3 Å². The number of amides is 2. The number of likely N-dealkylation sites (N-methyl/N-ethyl adjacent to an activating group) is 1. The van der Waals surface area contributed by atoms with Crippen LogP contribution in [0, 0.1) is 0 Å². The Labute approximate surface area is 223 Å². The fraction of sp³-hybridized carbons (Fsp3) is 0.233. The highest BCUT2D eigenvalue weighted by atomic mass is 16.2. The molecule has 0 aliphatic carbocycles. The number of hydrogen-bond acceptors (Lipinski definition) is 6. The molecule has 8 heteroatoms. The second-order valence-electron chi connectivity index (χ2n) is 9.23. The molecule has 1 aromatic heterocycles. The lowest BCUT2D eigenvalue weighted by Gasteiger charge is -2.35. The van der Waals surface area contributed by atoms with Crippen molar-refractivity contribution in [2.75, 3.05) is 48.3 Å². The van der Waals surface area contributed by atoms with Crippen molar-refractivity contribution in [2.45, 2.75) is 13.5 Å². The van der Waals surface area contributed by atoms with E-state index in [4.69, 9.17) is 0 Å². The van der Waals surface area contributed by atoms with Gasteiger partial charge in [-0.15, -0.1) is 0 Å². The van der Waals surface area contributed by atoms with E-state index in [0.717, 1.165) is 55.2 Å².